The third-order valence-electron chi connectivity index (χ3n) is 7.15. The summed E-state index contributed by atoms with van der Waals surface area (Å²) >= 11 is 9.35. The Morgan fingerprint density at radius 1 is 0.750 bits per heavy atom. The Balaban J connectivity index is 0.000000164. The van der Waals surface area contributed by atoms with Gasteiger partial charge in [-0.3, -0.25) is 4.90 Å². The summed E-state index contributed by atoms with van der Waals surface area (Å²) in [4.78, 5) is 24.3. The van der Waals surface area contributed by atoms with Crippen LogP contribution >= 0.6 is 34.3 Å². The van der Waals surface area contributed by atoms with Gasteiger partial charge in [-0.25, -0.2) is 19.9 Å². The number of halogens is 1. The Bertz CT molecular complexity index is 1600. The topological polar surface area (TPSA) is 97.1 Å². The van der Waals surface area contributed by atoms with E-state index in [9.17, 15) is 5.26 Å². The number of benzene rings is 1. The SMILES string of the molecule is N#CC(c1ccc(Cl)cc1)N1CCN(c2ncnc3ccsc23)CC1.c1nc(N2CCNCC2)c2sccc2n1. The standard InChI is InChI=1S/C18H16ClN5S.C10H12N4S/c19-14-3-1-13(2-4-14)16(11-20)23-6-8-24(9-7-23)18-17-15(5-10-25-17)21-12-22-18;1-6-15-9-8(1)12-7-13-10(9)14-4-2-11-3-5-14/h1-5,10,12,16H,6-9H2;1,6-7,11H,2-5H2. The van der Waals surface area contributed by atoms with Crippen LogP contribution in [-0.4, -0.2) is 77.2 Å². The number of aromatic nitrogens is 4. The number of nitrogens with zero attached hydrogens (tertiary/aromatic N) is 8. The second-order valence-corrected chi connectivity index (χ2v) is 11.8. The molecule has 0 aliphatic carbocycles. The van der Waals surface area contributed by atoms with E-state index >= 15 is 0 Å². The van der Waals surface area contributed by atoms with Crippen LogP contribution in [0.25, 0.3) is 20.4 Å². The fourth-order valence-electron chi connectivity index (χ4n) is 5.08. The van der Waals surface area contributed by atoms with E-state index in [0.29, 0.717) is 5.02 Å². The van der Waals surface area contributed by atoms with Crippen molar-refractivity contribution in [3.63, 3.8) is 0 Å². The molecule has 2 saturated heterocycles. The molecule has 1 unspecified atom stereocenters. The minimum atomic E-state index is -0.244. The second kappa shape index (κ2) is 12.4. The Labute approximate surface area is 245 Å². The van der Waals surface area contributed by atoms with Crippen molar-refractivity contribution >= 4 is 66.3 Å². The Hall–Kier alpha value is -3.40. The molecular formula is C28H28ClN9S2. The minimum absolute atomic E-state index is 0.244. The summed E-state index contributed by atoms with van der Waals surface area (Å²) in [6.07, 6.45) is 3.29. The summed E-state index contributed by atoms with van der Waals surface area (Å²) in [5.74, 6) is 2.09. The monoisotopic (exact) mass is 589 g/mol. The predicted molar refractivity (Wildman–Crippen MR) is 164 cm³/mol. The third kappa shape index (κ3) is 5.73. The molecule has 2 aliphatic heterocycles. The first-order valence-electron chi connectivity index (χ1n) is 13.2. The van der Waals surface area contributed by atoms with Gasteiger partial charge in [-0.15, -0.1) is 22.7 Å². The van der Waals surface area contributed by atoms with Gasteiger partial charge >= 0.3 is 0 Å². The number of fused-ring (bicyclic) bond motifs is 2. The molecule has 0 bridgehead atoms. The number of hydrogen-bond donors (Lipinski definition) is 1. The highest BCUT2D eigenvalue weighted by Gasteiger charge is 2.26. The number of anilines is 2. The van der Waals surface area contributed by atoms with Crippen LogP contribution in [0.15, 0.2) is 59.8 Å². The van der Waals surface area contributed by atoms with Crippen molar-refractivity contribution in [3.05, 3.63) is 70.4 Å². The van der Waals surface area contributed by atoms with Gasteiger partial charge < -0.3 is 15.1 Å². The highest BCUT2D eigenvalue weighted by molar-refractivity contribution is 7.18. The number of nitriles is 1. The number of rotatable bonds is 4. The highest BCUT2D eigenvalue weighted by atomic mass is 35.5. The van der Waals surface area contributed by atoms with E-state index in [4.69, 9.17) is 11.6 Å². The lowest BCUT2D eigenvalue weighted by molar-refractivity contribution is 0.222. The lowest BCUT2D eigenvalue weighted by Crippen LogP contribution is -2.47. The van der Waals surface area contributed by atoms with Crippen molar-refractivity contribution in [2.24, 2.45) is 0 Å². The maximum Gasteiger partial charge on any atom is 0.150 e. The van der Waals surface area contributed by atoms with Crippen LogP contribution in [0.1, 0.15) is 11.6 Å². The van der Waals surface area contributed by atoms with Gasteiger partial charge in [-0.1, -0.05) is 23.7 Å². The summed E-state index contributed by atoms with van der Waals surface area (Å²) in [5.41, 5.74) is 3.04. The van der Waals surface area contributed by atoms with Gasteiger partial charge in [0.05, 0.1) is 26.5 Å². The average Bonchev–Trinajstić information content (AvgIpc) is 3.70. The van der Waals surface area contributed by atoms with Crippen LogP contribution in [0.5, 0.6) is 0 Å². The molecule has 1 atom stereocenters. The average molecular weight is 590 g/mol. The van der Waals surface area contributed by atoms with Gasteiger partial charge in [0.1, 0.15) is 30.3 Å². The number of thiophene rings is 2. The zero-order valence-corrected chi connectivity index (χ0v) is 24.2. The van der Waals surface area contributed by atoms with E-state index in [-0.39, 0.29) is 6.04 Å². The molecule has 0 spiro atoms. The molecule has 0 saturated carbocycles. The van der Waals surface area contributed by atoms with E-state index in [2.05, 4.69) is 51.4 Å². The number of piperazine rings is 2. The molecule has 12 heteroatoms. The largest absolute Gasteiger partial charge is 0.353 e. The van der Waals surface area contributed by atoms with Crippen molar-refractivity contribution in [2.75, 3.05) is 62.2 Å². The zero-order chi connectivity index (χ0) is 27.3. The fourth-order valence-corrected chi connectivity index (χ4v) is 6.93. The normalized spacial score (nSPS) is 16.9. The van der Waals surface area contributed by atoms with Gasteiger partial charge in [-0.2, -0.15) is 5.26 Å². The first-order chi connectivity index (χ1) is 19.7. The van der Waals surface area contributed by atoms with E-state index in [1.54, 1.807) is 35.3 Å². The van der Waals surface area contributed by atoms with Crippen LogP contribution in [0, 0.1) is 11.3 Å². The van der Waals surface area contributed by atoms with Gasteiger partial charge in [-0.05, 0) is 40.6 Å². The Kier molecular flexibility index (Phi) is 8.32. The second-order valence-electron chi connectivity index (χ2n) is 9.51. The molecule has 0 radical (unpaired) electrons. The highest BCUT2D eigenvalue weighted by Crippen LogP contribution is 2.30. The number of hydrogen-bond acceptors (Lipinski definition) is 11. The van der Waals surface area contributed by atoms with Crippen LogP contribution in [0.3, 0.4) is 0 Å². The van der Waals surface area contributed by atoms with E-state index in [1.165, 1.54) is 4.70 Å². The third-order valence-corrected chi connectivity index (χ3v) is 9.20. The molecular weight excluding hydrogens is 562 g/mol. The first-order valence-corrected chi connectivity index (χ1v) is 15.3. The molecule has 6 heterocycles. The maximum absolute atomic E-state index is 9.64. The van der Waals surface area contributed by atoms with Gasteiger partial charge in [0.25, 0.3) is 0 Å². The molecule has 0 amide bonds. The first kappa shape index (κ1) is 26.8. The maximum atomic E-state index is 9.64. The van der Waals surface area contributed by atoms with Crippen molar-refractivity contribution in [3.8, 4) is 6.07 Å². The summed E-state index contributed by atoms with van der Waals surface area (Å²) in [5, 5.41) is 17.8. The van der Waals surface area contributed by atoms with Crippen LogP contribution in [0.2, 0.25) is 5.02 Å². The predicted octanol–water partition coefficient (Wildman–Crippen LogP) is 4.83. The molecule has 5 aromatic rings. The van der Waals surface area contributed by atoms with Crippen molar-refractivity contribution in [1.29, 1.82) is 5.26 Å². The summed E-state index contributed by atoms with van der Waals surface area (Å²) in [7, 11) is 0. The van der Waals surface area contributed by atoms with Gasteiger partial charge in [0.2, 0.25) is 0 Å². The smallest absolute Gasteiger partial charge is 0.150 e. The summed E-state index contributed by atoms with van der Waals surface area (Å²) in [6, 6.07) is 13.8. The molecule has 1 N–H and O–H groups in total. The molecule has 4 aromatic heterocycles. The van der Waals surface area contributed by atoms with Gasteiger partial charge in [0.15, 0.2) is 0 Å². The van der Waals surface area contributed by atoms with E-state index in [1.807, 2.05) is 41.8 Å². The van der Waals surface area contributed by atoms with Crippen LogP contribution in [0.4, 0.5) is 11.6 Å². The van der Waals surface area contributed by atoms with Crippen molar-refractivity contribution in [2.45, 2.75) is 6.04 Å². The minimum Gasteiger partial charge on any atom is -0.353 e. The van der Waals surface area contributed by atoms with Crippen LogP contribution in [-0.2, 0) is 0 Å². The molecule has 1 aromatic carbocycles. The lowest BCUT2D eigenvalue weighted by Gasteiger charge is -2.37. The van der Waals surface area contributed by atoms with Gasteiger partial charge in [0, 0.05) is 57.4 Å². The molecule has 2 aliphatic rings. The number of nitrogens with one attached hydrogen (secondary N) is 1. The molecule has 40 heavy (non-hydrogen) atoms. The van der Waals surface area contributed by atoms with E-state index < -0.39 is 0 Å². The van der Waals surface area contributed by atoms with Crippen molar-refractivity contribution < 1.29 is 0 Å². The zero-order valence-electron chi connectivity index (χ0n) is 21.8. The summed E-state index contributed by atoms with van der Waals surface area (Å²) in [6.45, 7) is 7.46. The van der Waals surface area contributed by atoms with Crippen LogP contribution < -0.4 is 15.1 Å². The van der Waals surface area contributed by atoms with E-state index in [0.717, 1.165) is 85.3 Å². The molecule has 9 nitrogen and oxygen atoms in total. The quantitative estimate of drug-likeness (QED) is 0.316. The molecule has 2 fully saturated rings. The molecule has 204 valence electrons. The lowest BCUT2D eigenvalue weighted by atomic mass is 10.1. The van der Waals surface area contributed by atoms with Crippen molar-refractivity contribution in [1.82, 2.24) is 30.2 Å². The fraction of sp³-hybridized carbons (Fsp3) is 0.321. The summed E-state index contributed by atoms with van der Waals surface area (Å²) < 4.78 is 2.34. The Morgan fingerprint density at radius 2 is 1.30 bits per heavy atom. The molecule has 7 rings (SSSR count). The Morgan fingerprint density at radius 3 is 1.85 bits per heavy atom.